The number of carbonyl (C=O) groups excluding carboxylic acids is 1. The fourth-order valence-electron chi connectivity index (χ4n) is 9.07. The standard InChI is InChI=1S/C53H105O12P/c1-3-5-7-9-11-13-15-17-19-21-23-24-26-28-30-32-34-36-38-40-42-47(54)64-46(45-63-66(60,61)65-53-51(58)49(56)48(55)50(57)52(53)59)44-62-43-41-39-37-35-33-31-29-27-25-22-20-18-16-14-12-10-8-6-4-2/h46,48-53,55-59H,3-45H2,1-2H3,(H,60,61). The van der Waals surface area contributed by atoms with Crippen LogP contribution >= 0.6 is 7.82 Å². The molecule has 1 rings (SSSR count). The number of unbranched alkanes of at least 4 members (excludes halogenated alkanes) is 37. The number of hydrogen-bond donors (Lipinski definition) is 6. The van der Waals surface area contributed by atoms with Gasteiger partial charge >= 0.3 is 13.8 Å². The molecule has 12 nitrogen and oxygen atoms in total. The van der Waals surface area contributed by atoms with Gasteiger partial charge in [-0.05, 0) is 12.8 Å². The number of esters is 1. The van der Waals surface area contributed by atoms with E-state index in [9.17, 15) is 39.8 Å². The molecule has 6 unspecified atom stereocenters. The third-order valence-electron chi connectivity index (χ3n) is 13.5. The molecule has 0 aliphatic heterocycles. The minimum atomic E-state index is -5.02. The van der Waals surface area contributed by atoms with Crippen LogP contribution < -0.4 is 0 Å². The minimum Gasteiger partial charge on any atom is -0.457 e. The van der Waals surface area contributed by atoms with Gasteiger partial charge in [-0.1, -0.05) is 251 Å². The van der Waals surface area contributed by atoms with Crippen molar-refractivity contribution in [3.8, 4) is 0 Å². The lowest BCUT2D eigenvalue weighted by Crippen LogP contribution is -2.64. The van der Waals surface area contributed by atoms with Crippen LogP contribution in [0.1, 0.15) is 271 Å². The van der Waals surface area contributed by atoms with Gasteiger partial charge in [0.05, 0.1) is 13.2 Å². The van der Waals surface area contributed by atoms with Crippen molar-refractivity contribution < 1.29 is 58.3 Å². The summed E-state index contributed by atoms with van der Waals surface area (Å²) in [5, 5.41) is 50.4. The molecule has 0 bridgehead atoms. The molecule has 0 aromatic carbocycles. The number of aliphatic hydroxyl groups excluding tert-OH is 5. The van der Waals surface area contributed by atoms with Gasteiger partial charge in [-0.2, -0.15) is 0 Å². The van der Waals surface area contributed by atoms with Gasteiger partial charge in [0.15, 0.2) is 0 Å². The van der Waals surface area contributed by atoms with Gasteiger partial charge in [0, 0.05) is 13.0 Å². The van der Waals surface area contributed by atoms with Gasteiger partial charge in [0.25, 0.3) is 0 Å². The minimum absolute atomic E-state index is 0.0671. The number of aliphatic hydroxyl groups is 5. The van der Waals surface area contributed by atoms with Crippen LogP contribution in [0.25, 0.3) is 0 Å². The van der Waals surface area contributed by atoms with Gasteiger partial charge < -0.3 is 39.9 Å². The average molecular weight is 965 g/mol. The Kier molecular flexibility index (Phi) is 42.5. The van der Waals surface area contributed by atoms with Gasteiger partial charge in [0.2, 0.25) is 0 Å². The summed E-state index contributed by atoms with van der Waals surface area (Å²) in [6.07, 6.45) is 37.4. The molecule has 1 aliphatic carbocycles. The Hall–Kier alpha value is -0.660. The van der Waals surface area contributed by atoms with E-state index >= 15 is 0 Å². The van der Waals surface area contributed by atoms with Crippen LogP contribution in [0.5, 0.6) is 0 Å². The molecule has 394 valence electrons. The first-order valence-electron chi connectivity index (χ1n) is 27.9. The van der Waals surface area contributed by atoms with E-state index in [4.69, 9.17) is 18.5 Å². The quantitative estimate of drug-likeness (QED) is 0.0192. The molecule has 0 radical (unpaired) electrons. The molecule has 6 atom stereocenters. The number of hydrogen-bond acceptors (Lipinski definition) is 11. The Morgan fingerprint density at radius 2 is 0.712 bits per heavy atom. The summed E-state index contributed by atoms with van der Waals surface area (Å²) in [4.78, 5) is 23.3. The lowest BCUT2D eigenvalue weighted by molar-refractivity contribution is -0.220. The van der Waals surface area contributed by atoms with Gasteiger partial charge in [-0.3, -0.25) is 13.8 Å². The second kappa shape index (κ2) is 44.3. The predicted octanol–water partition coefficient (Wildman–Crippen LogP) is 12.9. The molecule has 0 aromatic heterocycles. The molecule has 0 aromatic rings. The summed E-state index contributed by atoms with van der Waals surface area (Å²) in [5.41, 5.74) is 0. The van der Waals surface area contributed by atoms with Gasteiger partial charge in [-0.15, -0.1) is 0 Å². The zero-order valence-electron chi connectivity index (χ0n) is 42.5. The van der Waals surface area contributed by atoms with E-state index in [2.05, 4.69) is 13.8 Å². The van der Waals surface area contributed by atoms with Crippen molar-refractivity contribution >= 4 is 13.8 Å². The normalized spacial score (nSPS) is 21.3. The summed E-state index contributed by atoms with van der Waals surface area (Å²) < 4.78 is 34.4. The van der Waals surface area contributed by atoms with E-state index in [0.717, 1.165) is 38.5 Å². The van der Waals surface area contributed by atoms with Crippen molar-refractivity contribution in [1.29, 1.82) is 0 Å². The highest BCUT2D eigenvalue weighted by Gasteiger charge is 2.51. The Morgan fingerprint density at radius 3 is 1.05 bits per heavy atom. The zero-order chi connectivity index (χ0) is 48.4. The van der Waals surface area contributed by atoms with E-state index in [1.165, 1.54) is 205 Å². The van der Waals surface area contributed by atoms with Crippen molar-refractivity contribution in [1.82, 2.24) is 0 Å². The first kappa shape index (κ1) is 63.4. The molecule has 13 heteroatoms. The highest BCUT2D eigenvalue weighted by atomic mass is 31.2. The molecule has 1 fully saturated rings. The van der Waals surface area contributed by atoms with Crippen LogP contribution in [0.3, 0.4) is 0 Å². The van der Waals surface area contributed by atoms with Crippen LogP contribution in [-0.2, 0) is 27.9 Å². The van der Waals surface area contributed by atoms with Crippen LogP contribution in [0.2, 0.25) is 0 Å². The maximum Gasteiger partial charge on any atom is 0.472 e. The van der Waals surface area contributed by atoms with Crippen molar-refractivity contribution in [2.24, 2.45) is 0 Å². The summed E-state index contributed by atoms with van der Waals surface area (Å²) >= 11 is 0. The van der Waals surface area contributed by atoms with E-state index in [1.807, 2.05) is 0 Å². The zero-order valence-corrected chi connectivity index (χ0v) is 43.4. The third-order valence-corrected chi connectivity index (χ3v) is 14.5. The molecule has 1 saturated carbocycles. The van der Waals surface area contributed by atoms with E-state index in [-0.39, 0.29) is 13.0 Å². The average Bonchev–Trinajstić information content (AvgIpc) is 3.30. The topological polar surface area (TPSA) is 192 Å². The van der Waals surface area contributed by atoms with Crippen molar-refractivity contribution in [2.75, 3.05) is 19.8 Å². The molecular formula is C53H105O12P. The Balaban J connectivity index is 2.28. The Morgan fingerprint density at radius 1 is 0.424 bits per heavy atom. The molecule has 0 amide bonds. The van der Waals surface area contributed by atoms with Crippen LogP contribution in [0.4, 0.5) is 0 Å². The summed E-state index contributed by atoms with van der Waals surface area (Å²) in [6.45, 7) is 4.34. The lowest BCUT2D eigenvalue weighted by atomic mass is 9.85. The summed E-state index contributed by atoms with van der Waals surface area (Å²) in [5.74, 6) is -0.467. The van der Waals surface area contributed by atoms with E-state index < -0.39 is 63.1 Å². The largest absolute Gasteiger partial charge is 0.472 e. The van der Waals surface area contributed by atoms with Crippen LogP contribution in [-0.4, -0.2) is 98.9 Å². The number of rotatable bonds is 49. The number of carbonyl (C=O) groups is 1. The molecule has 0 saturated heterocycles. The molecule has 1 aliphatic rings. The lowest BCUT2D eigenvalue weighted by Gasteiger charge is -2.41. The van der Waals surface area contributed by atoms with Crippen LogP contribution in [0, 0.1) is 0 Å². The smallest absolute Gasteiger partial charge is 0.457 e. The number of phosphoric ester groups is 1. The second-order valence-electron chi connectivity index (χ2n) is 19.8. The summed E-state index contributed by atoms with van der Waals surface area (Å²) in [6, 6.07) is 0. The van der Waals surface area contributed by atoms with E-state index in [0.29, 0.717) is 13.0 Å². The Labute approximate surface area is 404 Å². The van der Waals surface area contributed by atoms with Crippen molar-refractivity contribution in [2.45, 2.75) is 313 Å². The third kappa shape index (κ3) is 35.4. The fraction of sp³-hybridized carbons (Fsp3) is 0.981. The molecular weight excluding hydrogens is 860 g/mol. The predicted molar refractivity (Wildman–Crippen MR) is 267 cm³/mol. The SMILES string of the molecule is CCCCCCCCCCCCCCCCCCCCCCC(=O)OC(COCCCCCCCCCCCCCCCCCCCCC)COP(=O)(O)OC1C(O)C(O)C(O)C(O)C1O. The molecule has 6 N–H and O–H groups in total. The first-order chi connectivity index (χ1) is 32.0. The number of phosphoric acid groups is 1. The monoisotopic (exact) mass is 965 g/mol. The molecule has 0 heterocycles. The first-order valence-corrected chi connectivity index (χ1v) is 29.4. The molecule has 0 spiro atoms. The fourth-order valence-corrected chi connectivity index (χ4v) is 10.0. The molecule has 66 heavy (non-hydrogen) atoms. The highest BCUT2D eigenvalue weighted by Crippen LogP contribution is 2.47. The van der Waals surface area contributed by atoms with Crippen LogP contribution in [0.15, 0.2) is 0 Å². The van der Waals surface area contributed by atoms with E-state index in [1.54, 1.807) is 0 Å². The van der Waals surface area contributed by atoms with Gasteiger partial charge in [0.1, 0.15) is 42.7 Å². The second-order valence-corrected chi connectivity index (χ2v) is 21.2. The number of ether oxygens (including phenoxy) is 2. The van der Waals surface area contributed by atoms with Gasteiger partial charge in [-0.25, -0.2) is 4.57 Å². The van der Waals surface area contributed by atoms with Crippen molar-refractivity contribution in [3.63, 3.8) is 0 Å². The maximum absolute atomic E-state index is 12.9. The van der Waals surface area contributed by atoms with Crippen molar-refractivity contribution in [3.05, 3.63) is 0 Å². The Bertz CT molecular complexity index is 1100. The maximum atomic E-state index is 12.9. The summed E-state index contributed by atoms with van der Waals surface area (Å²) in [7, 11) is -5.02. The highest BCUT2D eigenvalue weighted by molar-refractivity contribution is 7.47.